The molecule has 0 amide bonds. The lowest BCUT2D eigenvalue weighted by Crippen LogP contribution is -2.25. The van der Waals surface area contributed by atoms with Gasteiger partial charge in [-0.15, -0.1) is 12.4 Å². The highest BCUT2D eigenvalue weighted by atomic mass is 35.5. The minimum absolute atomic E-state index is 0. The molecule has 3 aromatic rings. The maximum Gasteiger partial charge on any atom is 0.199 e. The number of H-pyrrole nitrogens is 1. The van der Waals surface area contributed by atoms with Crippen LogP contribution in [-0.4, -0.2) is 36.1 Å². The minimum atomic E-state index is 0. The average Bonchev–Trinajstić information content (AvgIpc) is 2.64. The Bertz CT molecular complexity index is 935. The van der Waals surface area contributed by atoms with E-state index >= 15 is 0 Å². The molecular weight excluding hydrogens is 369 g/mol. The Morgan fingerprint density at radius 3 is 2.58 bits per heavy atom. The fourth-order valence-corrected chi connectivity index (χ4v) is 3.41. The van der Waals surface area contributed by atoms with Crippen molar-refractivity contribution in [1.29, 1.82) is 0 Å². The summed E-state index contributed by atoms with van der Waals surface area (Å²) in [7, 11) is 0. The van der Waals surface area contributed by atoms with Gasteiger partial charge in [-0.1, -0.05) is 37.6 Å². The zero-order valence-electron chi connectivity index (χ0n) is 15.1. The predicted octanol–water partition coefficient (Wildman–Crippen LogP) is 4.90. The third kappa shape index (κ3) is 4.14. The molecule has 2 N–H and O–H groups in total. The van der Waals surface area contributed by atoms with Crippen molar-refractivity contribution in [3.8, 4) is 0 Å². The molecule has 0 radical (unpaired) electrons. The molecule has 0 fully saturated rings. The maximum atomic E-state index is 13.0. The Kier molecular flexibility index (Phi) is 7.33. The van der Waals surface area contributed by atoms with Gasteiger partial charge in [0.05, 0.1) is 15.9 Å². The molecule has 26 heavy (non-hydrogen) atoms. The van der Waals surface area contributed by atoms with Crippen molar-refractivity contribution in [1.82, 2.24) is 9.88 Å². The maximum absolute atomic E-state index is 13.0. The lowest BCUT2D eigenvalue weighted by atomic mass is 10.1. The number of nitrogens with one attached hydrogen (secondary N) is 2. The van der Waals surface area contributed by atoms with Crippen molar-refractivity contribution >= 4 is 51.5 Å². The number of nitrogens with zero attached hydrogens (tertiary/aromatic N) is 1. The number of halogens is 2. The zero-order chi connectivity index (χ0) is 17.8. The summed E-state index contributed by atoms with van der Waals surface area (Å²) in [6.07, 6.45) is 1.03. The summed E-state index contributed by atoms with van der Waals surface area (Å²) in [5, 5.41) is 5.30. The first kappa shape index (κ1) is 20.6. The van der Waals surface area contributed by atoms with Crippen LogP contribution in [0.3, 0.4) is 0 Å². The number of anilines is 1. The fraction of sp³-hybridized carbons (Fsp3) is 0.350. The molecule has 0 spiro atoms. The molecule has 0 aliphatic heterocycles. The molecule has 1 aromatic heterocycles. The van der Waals surface area contributed by atoms with Crippen LogP contribution in [-0.2, 0) is 0 Å². The molecule has 2 aromatic carbocycles. The summed E-state index contributed by atoms with van der Waals surface area (Å²) < 4.78 is 0. The number of pyridine rings is 1. The number of benzene rings is 2. The van der Waals surface area contributed by atoms with Crippen LogP contribution in [0.15, 0.2) is 41.2 Å². The van der Waals surface area contributed by atoms with Crippen LogP contribution in [0.5, 0.6) is 0 Å². The second kappa shape index (κ2) is 9.26. The summed E-state index contributed by atoms with van der Waals surface area (Å²) in [6.45, 7) is 8.34. The first-order chi connectivity index (χ1) is 12.2. The van der Waals surface area contributed by atoms with Crippen LogP contribution in [0.2, 0.25) is 5.02 Å². The summed E-state index contributed by atoms with van der Waals surface area (Å²) in [5.74, 6) is 0. The SMILES string of the molecule is CCN(CC)CCCNc1ccc(Cl)c2[nH]c3ccccc3c(=O)c12.Cl. The van der Waals surface area contributed by atoms with Gasteiger partial charge in [0, 0.05) is 23.1 Å². The van der Waals surface area contributed by atoms with Gasteiger partial charge in [-0.3, -0.25) is 4.79 Å². The van der Waals surface area contributed by atoms with Crippen molar-refractivity contribution in [2.24, 2.45) is 0 Å². The van der Waals surface area contributed by atoms with Crippen LogP contribution >= 0.6 is 24.0 Å². The first-order valence-corrected chi connectivity index (χ1v) is 9.23. The lowest BCUT2D eigenvalue weighted by molar-refractivity contribution is 0.303. The number of para-hydroxylation sites is 1. The van der Waals surface area contributed by atoms with E-state index in [1.165, 1.54) is 0 Å². The van der Waals surface area contributed by atoms with Gasteiger partial charge >= 0.3 is 0 Å². The Morgan fingerprint density at radius 2 is 1.85 bits per heavy atom. The molecule has 0 unspecified atom stereocenters. The van der Waals surface area contributed by atoms with E-state index in [-0.39, 0.29) is 17.8 Å². The van der Waals surface area contributed by atoms with Gasteiger partial charge < -0.3 is 15.2 Å². The molecule has 0 aliphatic carbocycles. The van der Waals surface area contributed by atoms with Gasteiger partial charge in [0.15, 0.2) is 5.43 Å². The Hall–Kier alpha value is -1.75. The Balaban J connectivity index is 0.00000243. The second-order valence-corrected chi connectivity index (χ2v) is 6.56. The standard InChI is InChI=1S/C20H24ClN3O.ClH/c1-3-24(4-2)13-7-12-22-17-11-10-15(21)19-18(17)20(25)14-8-5-6-9-16(14)23-19;/h5-6,8-11,22H,3-4,7,12-13H2,1-2H3,(H,23,25);1H. The quantitative estimate of drug-likeness (QED) is 0.443. The third-order valence-corrected chi connectivity index (χ3v) is 4.99. The van der Waals surface area contributed by atoms with Gasteiger partial charge in [-0.2, -0.15) is 0 Å². The van der Waals surface area contributed by atoms with Gasteiger partial charge in [0.25, 0.3) is 0 Å². The van der Waals surface area contributed by atoms with Gasteiger partial charge in [0.1, 0.15) is 0 Å². The van der Waals surface area contributed by atoms with E-state index in [0.717, 1.165) is 43.8 Å². The molecule has 1 heterocycles. The van der Waals surface area contributed by atoms with Crippen molar-refractivity contribution < 1.29 is 0 Å². The molecule has 3 rings (SSSR count). The summed E-state index contributed by atoms with van der Waals surface area (Å²) in [5.41, 5.74) is 2.35. The van der Waals surface area contributed by atoms with E-state index in [9.17, 15) is 4.79 Å². The van der Waals surface area contributed by atoms with Crippen molar-refractivity contribution in [2.75, 3.05) is 31.5 Å². The van der Waals surface area contributed by atoms with Crippen LogP contribution in [0.4, 0.5) is 5.69 Å². The molecule has 6 heteroatoms. The number of fused-ring (bicyclic) bond motifs is 2. The Morgan fingerprint density at radius 1 is 1.12 bits per heavy atom. The van der Waals surface area contributed by atoms with E-state index < -0.39 is 0 Å². The largest absolute Gasteiger partial charge is 0.384 e. The van der Waals surface area contributed by atoms with Crippen LogP contribution < -0.4 is 10.7 Å². The van der Waals surface area contributed by atoms with Crippen molar-refractivity contribution in [3.05, 3.63) is 51.6 Å². The molecule has 4 nitrogen and oxygen atoms in total. The van der Waals surface area contributed by atoms with Gasteiger partial charge in [-0.25, -0.2) is 0 Å². The third-order valence-electron chi connectivity index (χ3n) is 4.67. The van der Waals surface area contributed by atoms with Crippen molar-refractivity contribution in [3.63, 3.8) is 0 Å². The van der Waals surface area contributed by atoms with Gasteiger partial charge in [0.2, 0.25) is 0 Å². The highest BCUT2D eigenvalue weighted by Crippen LogP contribution is 2.28. The van der Waals surface area contributed by atoms with Crippen LogP contribution in [0.1, 0.15) is 20.3 Å². The van der Waals surface area contributed by atoms with Crippen LogP contribution in [0.25, 0.3) is 21.8 Å². The molecule has 140 valence electrons. The van der Waals surface area contributed by atoms with E-state index in [4.69, 9.17) is 11.6 Å². The molecular formula is C20H25Cl2N3O. The minimum Gasteiger partial charge on any atom is -0.384 e. The topological polar surface area (TPSA) is 48.1 Å². The monoisotopic (exact) mass is 393 g/mol. The molecule has 0 atom stereocenters. The lowest BCUT2D eigenvalue weighted by Gasteiger charge is -2.18. The highest BCUT2D eigenvalue weighted by molar-refractivity contribution is 6.35. The summed E-state index contributed by atoms with van der Waals surface area (Å²) >= 11 is 6.34. The fourth-order valence-electron chi connectivity index (χ4n) is 3.21. The number of hydrogen-bond acceptors (Lipinski definition) is 3. The molecule has 0 saturated heterocycles. The van der Waals surface area contributed by atoms with E-state index in [1.54, 1.807) is 0 Å². The number of aromatic amines is 1. The van der Waals surface area contributed by atoms with E-state index in [2.05, 4.69) is 29.0 Å². The normalized spacial score (nSPS) is 11.1. The van der Waals surface area contributed by atoms with Gasteiger partial charge in [-0.05, 0) is 50.3 Å². The van der Waals surface area contributed by atoms with E-state index in [1.807, 2.05) is 36.4 Å². The predicted molar refractivity (Wildman–Crippen MR) is 115 cm³/mol. The van der Waals surface area contributed by atoms with Crippen LogP contribution in [0, 0.1) is 0 Å². The number of rotatable bonds is 7. The van der Waals surface area contributed by atoms with E-state index in [0.29, 0.717) is 21.3 Å². The average molecular weight is 394 g/mol. The molecule has 0 saturated carbocycles. The summed E-state index contributed by atoms with van der Waals surface area (Å²) in [4.78, 5) is 18.7. The Labute approximate surface area is 164 Å². The molecule has 0 aliphatic rings. The summed E-state index contributed by atoms with van der Waals surface area (Å²) in [6, 6.07) is 11.3. The zero-order valence-corrected chi connectivity index (χ0v) is 16.7. The van der Waals surface area contributed by atoms with Crippen molar-refractivity contribution in [2.45, 2.75) is 20.3 Å². The second-order valence-electron chi connectivity index (χ2n) is 6.15. The number of hydrogen-bond donors (Lipinski definition) is 2. The first-order valence-electron chi connectivity index (χ1n) is 8.85. The highest BCUT2D eigenvalue weighted by Gasteiger charge is 2.12. The smallest absolute Gasteiger partial charge is 0.199 e. The molecule has 0 bridgehead atoms. The number of aromatic nitrogens is 1.